The largest absolute Gasteiger partial charge is 0.349 e. The van der Waals surface area contributed by atoms with Crippen molar-refractivity contribution < 1.29 is 9.59 Å². The van der Waals surface area contributed by atoms with Crippen LogP contribution in [0.4, 0.5) is 0 Å². The van der Waals surface area contributed by atoms with Crippen molar-refractivity contribution in [1.82, 2.24) is 10.6 Å². The molecule has 0 saturated heterocycles. The molecule has 0 radical (unpaired) electrons. The zero-order valence-electron chi connectivity index (χ0n) is 15.9. The van der Waals surface area contributed by atoms with E-state index in [9.17, 15) is 9.59 Å². The van der Waals surface area contributed by atoms with E-state index in [2.05, 4.69) is 22.8 Å². The highest BCUT2D eigenvalue weighted by atomic mass is 16.2. The van der Waals surface area contributed by atoms with Crippen LogP contribution >= 0.6 is 0 Å². The van der Waals surface area contributed by atoms with Crippen molar-refractivity contribution in [3.8, 4) is 0 Å². The minimum absolute atomic E-state index is 0.0170. The van der Waals surface area contributed by atoms with Crippen LogP contribution in [0.5, 0.6) is 0 Å². The predicted octanol–water partition coefficient (Wildman–Crippen LogP) is 4.24. The molecule has 0 aromatic heterocycles. The Hall–Kier alpha value is -2.62. The van der Waals surface area contributed by atoms with E-state index in [1.54, 1.807) is 12.1 Å². The molecule has 2 aromatic carbocycles. The van der Waals surface area contributed by atoms with Crippen LogP contribution in [-0.2, 0) is 4.79 Å². The Morgan fingerprint density at radius 3 is 2.15 bits per heavy atom. The molecule has 27 heavy (non-hydrogen) atoms. The van der Waals surface area contributed by atoms with Crippen molar-refractivity contribution in [3.05, 3.63) is 71.8 Å². The Morgan fingerprint density at radius 2 is 1.52 bits per heavy atom. The highest BCUT2D eigenvalue weighted by Gasteiger charge is 2.28. The fourth-order valence-corrected chi connectivity index (χ4v) is 3.88. The molecular weight excluding hydrogens is 336 g/mol. The summed E-state index contributed by atoms with van der Waals surface area (Å²) in [6.07, 6.45) is 5.04. The molecule has 1 fully saturated rings. The van der Waals surface area contributed by atoms with E-state index >= 15 is 0 Å². The van der Waals surface area contributed by atoms with Crippen LogP contribution in [0.3, 0.4) is 0 Å². The fourth-order valence-electron chi connectivity index (χ4n) is 3.88. The first-order chi connectivity index (χ1) is 13.1. The molecule has 4 heteroatoms. The average molecular weight is 364 g/mol. The molecule has 1 saturated carbocycles. The van der Waals surface area contributed by atoms with Gasteiger partial charge in [0.1, 0.15) is 0 Å². The molecule has 1 aliphatic rings. The van der Waals surface area contributed by atoms with E-state index in [1.807, 2.05) is 43.3 Å². The lowest BCUT2D eigenvalue weighted by molar-refractivity contribution is -0.122. The topological polar surface area (TPSA) is 58.2 Å². The standard InChI is InChI=1S/C23H28N2O2/c1-17(24-23(27)20-14-6-3-7-15-20)16-21(26)25-22(19-12-8-9-13-19)18-10-4-2-5-11-18/h2-7,10-11,14-15,17,19,22H,8-9,12-13,16H2,1H3,(H,24,27)(H,25,26)/t17-,22+/m0/s1. The molecule has 2 amide bonds. The van der Waals surface area contributed by atoms with Gasteiger partial charge in [-0.1, -0.05) is 61.4 Å². The SMILES string of the molecule is C[C@@H](CC(=O)N[C@H](c1ccccc1)C1CCCC1)NC(=O)c1ccccc1. The van der Waals surface area contributed by atoms with Crippen molar-refractivity contribution in [3.63, 3.8) is 0 Å². The minimum atomic E-state index is -0.224. The Balaban J connectivity index is 1.58. The van der Waals surface area contributed by atoms with Gasteiger partial charge in [-0.05, 0) is 43.4 Å². The zero-order valence-corrected chi connectivity index (χ0v) is 15.9. The summed E-state index contributed by atoms with van der Waals surface area (Å²) in [4.78, 5) is 24.9. The normalized spacial score (nSPS) is 16.5. The summed E-state index contributed by atoms with van der Waals surface area (Å²) < 4.78 is 0. The summed E-state index contributed by atoms with van der Waals surface area (Å²) in [6.45, 7) is 1.87. The van der Waals surface area contributed by atoms with E-state index < -0.39 is 0 Å². The van der Waals surface area contributed by atoms with E-state index in [1.165, 1.54) is 18.4 Å². The molecule has 142 valence electrons. The van der Waals surface area contributed by atoms with Crippen LogP contribution < -0.4 is 10.6 Å². The summed E-state index contributed by atoms with van der Waals surface area (Å²) in [6, 6.07) is 19.1. The molecule has 1 aliphatic carbocycles. The van der Waals surface area contributed by atoms with Gasteiger partial charge in [0.05, 0.1) is 6.04 Å². The maximum atomic E-state index is 12.6. The number of hydrogen-bond acceptors (Lipinski definition) is 2. The lowest BCUT2D eigenvalue weighted by Crippen LogP contribution is -2.39. The molecule has 2 atom stereocenters. The molecule has 0 aliphatic heterocycles. The number of benzene rings is 2. The van der Waals surface area contributed by atoms with E-state index in [0.29, 0.717) is 11.5 Å². The first-order valence-corrected chi connectivity index (χ1v) is 9.83. The number of carbonyl (C=O) groups excluding carboxylic acids is 2. The van der Waals surface area contributed by atoms with Crippen LogP contribution in [0.1, 0.15) is 61.0 Å². The number of nitrogens with one attached hydrogen (secondary N) is 2. The molecule has 0 unspecified atom stereocenters. The van der Waals surface area contributed by atoms with Crippen LogP contribution in [-0.4, -0.2) is 17.9 Å². The van der Waals surface area contributed by atoms with Gasteiger partial charge < -0.3 is 10.6 Å². The Bertz CT molecular complexity index is 739. The molecular formula is C23H28N2O2. The molecule has 2 aromatic rings. The second-order valence-corrected chi connectivity index (χ2v) is 7.45. The number of amides is 2. The number of carbonyl (C=O) groups is 2. The minimum Gasteiger partial charge on any atom is -0.349 e. The number of hydrogen-bond donors (Lipinski definition) is 2. The quantitative estimate of drug-likeness (QED) is 0.772. The lowest BCUT2D eigenvalue weighted by Gasteiger charge is -2.26. The molecule has 3 rings (SSSR count). The van der Waals surface area contributed by atoms with Crippen LogP contribution in [0.15, 0.2) is 60.7 Å². The van der Waals surface area contributed by atoms with Crippen LogP contribution in [0.2, 0.25) is 0 Å². The summed E-state index contributed by atoms with van der Waals surface area (Å²) in [7, 11) is 0. The third-order valence-corrected chi connectivity index (χ3v) is 5.25. The summed E-state index contributed by atoms with van der Waals surface area (Å²) in [5.74, 6) is 0.327. The monoisotopic (exact) mass is 364 g/mol. The third-order valence-electron chi connectivity index (χ3n) is 5.25. The second-order valence-electron chi connectivity index (χ2n) is 7.45. The average Bonchev–Trinajstić information content (AvgIpc) is 3.22. The second kappa shape index (κ2) is 9.36. The highest BCUT2D eigenvalue weighted by Crippen LogP contribution is 2.35. The van der Waals surface area contributed by atoms with Gasteiger partial charge in [0.15, 0.2) is 0 Å². The van der Waals surface area contributed by atoms with E-state index in [0.717, 1.165) is 12.8 Å². The van der Waals surface area contributed by atoms with Gasteiger partial charge >= 0.3 is 0 Å². The third kappa shape index (κ3) is 5.43. The van der Waals surface area contributed by atoms with Gasteiger partial charge in [0.25, 0.3) is 5.91 Å². The Morgan fingerprint density at radius 1 is 0.926 bits per heavy atom. The fraction of sp³-hybridized carbons (Fsp3) is 0.391. The van der Waals surface area contributed by atoms with E-state index in [4.69, 9.17) is 0 Å². The van der Waals surface area contributed by atoms with Crippen molar-refractivity contribution >= 4 is 11.8 Å². The van der Waals surface area contributed by atoms with Gasteiger partial charge in [0, 0.05) is 18.0 Å². The Labute approximate surface area is 161 Å². The lowest BCUT2D eigenvalue weighted by atomic mass is 9.91. The molecule has 0 spiro atoms. The smallest absolute Gasteiger partial charge is 0.251 e. The van der Waals surface area contributed by atoms with Crippen LogP contribution in [0, 0.1) is 5.92 Å². The predicted molar refractivity (Wildman–Crippen MR) is 107 cm³/mol. The highest BCUT2D eigenvalue weighted by molar-refractivity contribution is 5.94. The summed E-state index contributed by atoms with van der Waals surface area (Å²) >= 11 is 0. The van der Waals surface area contributed by atoms with Gasteiger partial charge in [-0.3, -0.25) is 9.59 Å². The molecule has 4 nitrogen and oxygen atoms in total. The van der Waals surface area contributed by atoms with Gasteiger partial charge in [-0.25, -0.2) is 0 Å². The van der Waals surface area contributed by atoms with Gasteiger partial charge in [-0.2, -0.15) is 0 Å². The zero-order chi connectivity index (χ0) is 19.1. The Kier molecular flexibility index (Phi) is 6.64. The molecule has 0 bridgehead atoms. The van der Waals surface area contributed by atoms with Crippen molar-refractivity contribution in [2.45, 2.75) is 51.1 Å². The maximum absolute atomic E-state index is 12.6. The first kappa shape index (κ1) is 19.2. The van der Waals surface area contributed by atoms with Crippen molar-refractivity contribution in [2.75, 3.05) is 0 Å². The first-order valence-electron chi connectivity index (χ1n) is 9.83. The van der Waals surface area contributed by atoms with Gasteiger partial charge in [0.2, 0.25) is 5.91 Å². The van der Waals surface area contributed by atoms with Crippen molar-refractivity contribution in [2.24, 2.45) is 5.92 Å². The van der Waals surface area contributed by atoms with Crippen LogP contribution in [0.25, 0.3) is 0 Å². The molecule has 0 heterocycles. The maximum Gasteiger partial charge on any atom is 0.251 e. The number of rotatable bonds is 7. The molecule has 2 N–H and O–H groups in total. The van der Waals surface area contributed by atoms with Gasteiger partial charge in [-0.15, -0.1) is 0 Å². The van der Waals surface area contributed by atoms with E-state index in [-0.39, 0.29) is 30.3 Å². The van der Waals surface area contributed by atoms with Crippen molar-refractivity contribution in [1.29, 1.82) is 0 Å². The summed E-state index contributed by atoms with van der Waals surface area (Å²) in [5.41, 5.74) is 1.77. The summed E-state index contributed by atoms with van der Waals surface area (Å²) in [5, 5.41) is 6.14.